The number of ether oxygens (including phenoxy) is 1. The molecule has 2 heterocycles. The number of carbonyl (C=O) groups is 1. The SMILES string of the molecule is CC1CCN(c2ccc(NC(=O)CCCOc3ccccc3N)cn2)CC1. The third kappa shape index (κ3) is 5.61. The van der Waals surface area contributed by atoms with Crippen LogP contribution in [0, 0.1) is 5.92 Å². The van der Waals surface area contributed by atoms with Crippen molar-refractivity contribution >= 4 is 23.1 Å². The number of nitrogens with zero attached hydrogens (tertiary/aromatic N) is 2. The summed E-state index contributed by atoms with van der Waals surface area (Å²) in [7, 11) is 0. The van der Waals surface area contributed by atoms with Gasteiger partial charge in [-0.3, -0.25) is 4.79 Å². The van der Waals surface area contributed by atoms with Crippen LogP contribution in [0.2, 0.25) is 0 Å². The van der Waals surface area contributed by atoms with Crippen molar-refractivity contribution in [3.63, 3.8) is 0 Å². The second kappa shape index (κ2) is 9.26. The number of aromatic nitrogens is 1. The Morgan fingerprint density at radius 2 is 2.04 bits per heavy atom. The minimum absolute atomic E-state index is 0.0408. The third-order valence-corrected chi connectivity index (χ3v) is 4.86. The molecule has 0 bridgehead atoms. The van der Waals surface area contributed by atoms with E-state index in [2.05, 4.69) is 22.1 Å². The minimum atomic E-state index is -0.0408. The number of hydrogen-bond donors (Lipinski definition) is 2. The van der Waals surface area contributed by atoms with Crippen molar-refractivity contribution < 1.29 is 9.53 Å². The Balaban J connectivity index is 1.39. The Hall–Kier alpha value is -2.76. The largest absolute Gasteiger partial charge is 0.491 e. The first kappa shape index (κ1) is 19.0. The van der Waals surface area contributed by atoms with E-state index in [0.29, 0.717) is 30.9 Å². The highest BCUT2D eigenvalue weighted by Gasteiger charge is 2.16. The minimum Gasteiger partial charge on any atom is -0.491 e. The topological polar surface area (TPSA) is 80.5 Å². The molecule has 1 aromatic carbocycles. The molecular weight excluding hydrogens is 340 g/mol. The number of rotatable bonds is 7. The number of nitrogens with one attached hydrogen (secondary N) is 1. The van der Waals surface area contributed by atoms with E-state index in [-0.39, 0.29) is 5.91 Å². The van der Waals surface area contributed by atoms with Crippen LogP contribution >= 0.6 is 0 Å². The van der Waals surface area contributed by atoms with Crippen LogP contribution in [0.3, 0.4) is 0 Å². The molecule has 6 heteroatoms. The summed E-state index contributed by atoms with van der Waals surface area (Å²) in [6.07, 6.45) is 5.15. The van der Waals surface area contributed by atoms with Gasteiger partial charge in [0.25, 0.3) is 0 Å². The molecule has 27 heavy (non-hydrogen) atoms. The first-order valence-electron chi connectivity index (χ1n) is 9.60. The lowest BCUT2D eigenvalue weighted by Crippen LogP contribution is -2.33. The van der Waals surface area contributed by atoms with Gasteiger partial charge in [0.1, 0.15) is 11.6 Å². The molecule has 3 N–H and O–H groups in total. The zero-order valence-electron chi connectivity index (χ0n) is 15.9. The van der Waals surface area contributed by atoms with Crippen LogP contribution in [0.15, 0.2) is 42.6 Å². The summed E-state index contributed by atoms with van der Waals surface area (Å²) in [5.41, 5.74) is 7.15. The molecule has 1 saturated heterocycles. The number of benzene rings is 1. The molecule has 1 aromatic heterocycles. The third-order valence-electron chi connectivity index (χ3n) is 4.86. The van der Waals surface area contributed by atoms with E-state index in [1.165, 1.54) is 12.8 Å². The monoisotopic (exact) mass is 368 g/mol. The van der Waals surface area contributed by atoms with Gasteiger partial charge in [0.05, 0.1) is 24.2 Å². The van der Waals surface area contributed by atoms with Gasteiger partial charge >= 0.3 is 0 Å². The molecule has 3 rings (SSSR count). The molecule has 1 aliphatic rings. The summed E-state index contributed by atoms with van der Waals surface area (Å²) in [4.78, 5) is 18.9. The van der Waals surface area contributed by atoms with Crippen molar-refractivity contribution in [2.75, 3.05) is 35.6 Å². The standard InChI is InChI=1S/C21H28N4O2/c1-16-10-12-25(13-11-16)20-9-8-17(15-23-20)24-21(26)7-4-14-27-19-6-3-2-5-18(19)22/h2-3,5-6,8-9,15-16H,4,7,10-14,22H2,1H3,(H,24,26). The zero-order valence-corrected chi connectivity index (χ0v) is 15.9. The van der Waals surface area contributed by atoms with Gasteiger partial charge in [-0.05, 0) is 49.4 Å². The van der Waals surface area contributed by atoms with Crippen molar-refractivity contribution in [3.05, 3.63) is 42.6 Å². The number of nitrogen functional groups attached to an aromatic ring is 1. The van der Waals surface area contributed by atoms with Crippen LogP contribution in [0.4, 0.5) is 17.2 Å². The van der Waals surface area contributed by atoms with Crippen molar-refractivity contribution in [3.8, 4) is 5.75 Å². The summed E-state index contributed by atoms with van der Waals surface area (Å²) >= 11 is 0. The highest BCUT2D eigenvalue weighted by Crippen LogP contribution is 2.22. The predicted molar refractivity (Wildman–Crippen MR) is 109 cm³/mol. The predicted octanol–water partition coefficient (Wildman–Crippen LogP) is 3.70. The Morgan fingerprint density at radius 3 is 2.74 bits per heavy atom. The van der Waals surface area contributed by atoms with E-state index in [9.17, 15) is 4.79 Å². The van der Waals surface area contributed by atoms with Gasteiger partial charge in [-0.2, -0.15) is 0 Å². The van der Waals surface area contributed by atoms with E-state index in [1.807, 2.05) is 30.3 Å². The summed E-state index contributed by atoms with van der Waals surface area (Å²) in [6.45, 7) is 4.84. The van der Waals surface area contributed by atoms with Crippen molar-refractivity contribution in [1.82, 2.24) is 4.98 Å². The maximum atomic E-state index is 12.1. The Bertz CT molecular complexity index is 740. The lowest BCUT2D eigenvalue weighted by Gasteiger charge is -2.31. The second-order valence-electron chi connectivity index (χ2n) is 7.11. The van der Waals surface area contributed by atoms with Gasteiger partial charge in [0, 0.05) is 19.5 Å². The van der Waals surface area contributed by atoms with E-state index < -0.39 is 0 Å². The van der Waals surface area contributed by atoms with Crippen LogP contribution in [0.1, 0.15) is 32.6 Å². The number of para-hydroxylation sites is 2. The molecule has 0 atom stereocenters. The Kier molecular flexibility index (Phi) is 6.52. The molecule has 0 spiro atoms. The molecule has 0 radical (unpaired) electrons. The maximum absolute atomic E-state index is 12.1. The smallest absolute Gasteiger partial charge is 0.224 e. The summed E-state index contributed by atoms with van der Waals surface area (Å²) in [5, 5.41) is 2.89. The van der Waals surface area contributed by atoms with Gasteiger partial charge in [-0.25, -0.2) is 4.98 Å². The van der Waals surface area contributed by atoms with E-state index >= 15 is 0 Å². The van der Waals surface area contributed by atoms with Crippen LogP contribution in [-0.4, -0.2) is 30.6 Å². The van der Waals surface area contributed by atoms with Gasteiger partial charge in [0.2, 0.25) is 5.91 Å². The fourth-order valence-corrected chi connectivity index (χ4v) is 3.14. The van der Waals surface area contributed by atoms with Crippen LogP contribution in [-0.2, 0) is 4.79 Å². The normalized spacial score (nSPS) is 14.8. The molecule has 0 aliphatic carbocycles. The van der Waals surface area contributed by atoms with Gasteiger partial charge in [-0.15, -0.1) is 0 Å². The first-order chi connectivity index (χ1) is 13.1. The molecule has 144 valence electrons. The Labute approximate surface area is 160 Å². The fourth-order valence-electron chi connectivity index (χ4n) is 3.14. The number of anilines is 3. The first-order valence-corrected chi connectivity index (χ1v) is 9.60. The lowest BCUT2D eigenvalue weighted by molar-refractivity contribution is -0.116. The number of carbonyl (C=O) groups excluding carboxylic acids is 1. The van der Waals surface area contributed by atoms with Crippen LogP contribution < -0.4 is 20.7 Å². The number of amides is 1. The second-order valence-corrected chi connectivity index (χ2v) is 7.11. The average molecular weight is 368 g/mol. The summed E-state index contributed by atoms with van der Waals surface area (Å²) in [6, 6.07) is 11.3. The quantitative estimate of drug-likeness (QED) is 0.575. The highest BCUT2D eigenvalue weighted by molar-refractivity contribution is 5.90. The van der Waals surface area contributed by atoms with Crippen LogP contribution in [0.25, 0.3) is 0 Å². The molecule has 1 amide bonds. The number of nitrogens with two attached hydrogens (primary N) is 1. The van der Waals surface area contributed by atoms with E-state index in [1.54, 1.807) is 12.3 Å². The van der Waals surface area contributed by atoms with Crippen LogP contribution in [0.5, 0.6) is 5.75 Å². The molecule has 1 aliphatic heterocycles. The molecule has 0 saturated carbocycles. The summed E-state index contributed by atoms with van der Waals surface area (Å²) in [5.74, 6) is 2.39. The molecule has 2 aromatic rings. The molecule has 6 nitrogen and oxygen atoms in total. The lowest BCUT2D eigenvalue weighted by atomic mass is 9.99. The Morgan fingerprint density at radius 1 is 1.26 bits per heavy atom. The number of pyridine rings is 1. The van der Waals surface area contributed by atoms with Gasteiger partial charge in [-0.1, -0.05) is 19.1 Å². The molecular formula is C21H28N4O2. The van der Waals surface area contributed by atoms with Gasteiger partial charge < -0.3 is 20.7 Å². The highest BCUT2D eigenvalue weighted by atomic mass is 16.5. The maximum Gasteiger partial charge on any atom is 0.224 e. The van der Waals surface area contributed by atoms with Gasteiger partial charge in [0.15, 0.2) is 0 Å². The zero-order chi connectivity index (χ0) is 19.1. The van der Waals surface area contributed by atoms with E-state index in [0.717, 1.165) is 30.5 Å². The molecule has 0 unspecified atom stereocenters. The summed E-state index contributed by atoms with van der Waals surface area (Å²) < 4.78 is 5.60. The van der Waals surface area contributed by atoms with Crippen molar-refractivity contribution in [2.24, 2.45) is 5.92 Å². The number of piperidine rings is 1. The van der Waals surface area contributed by atoms with E-state index in [4.69, 9.17) is 10.5 Å². The van der Waals surface area contributed by atoms with Crippen molar-refractivity contribution in [1.29, 1.82) is 0 Å². The number of hydrogen-bond acceptors (Lipinski definition) is 5. The molecule has 1 fully saturated rings. The van der Waals surface area contributed by atoms with Crippen molar-refractivity contribution in [2.45, 2.75) is 32.6 Å². The fraction of sp³-hybridized carbons (Fsp3) is 0.429. The average Bonchev–Trinajstić information content (AvgIpc) is 2.68.